The molecule has 1 fully saturated rings. The smallest absolute Gasteiger partial charge is 0.115 e. The van der Waals surface area contributed by atoms with E-state index in [1.165, 1.54) is 21.9 Å². The third-order valence-electron chi connectivity index (χ3n) is 7.25. The van der Waals surface area contributed by atoms with E-state index in [4.69, 9.17) is 4.74 Å². The first-order valence-corrected chi connectivity index (χ1v) is 12.2. The normalized spacial score (nSPS) is 15.5. The van der Waals surface area contributed by atoms with E-state index in [2.05, 4.69) is 85.0 Å². The van der Waals surface area contributed by atoms with Crippen molar-refractivity contribution in [1.29, 1.82) is 0 Å². The van der Waals surface area contributed by atoms with Gasteiger partial charge in [0, 0.05) is 5.41 Å². The second-order valence-corrected chi connectivity index (χ2v) is 9.54. The molecule has 5 rings (SSSR count). The summed E-state index contributed by atoms with van der Waals surface area (Å²) in [5.74, 6) is 0. The maximum atomic E-state index is 13.8. The number of nitrogens with one attached hydrogen (secondary N) is 1. The largest absolute Gasteiger partial charge is 0.376 e. The van der Waals surface area contributed by atoms with Crippen molar-refractivity contribution in [2.75, 3.05) is 19.7 Å². The Morgan fingerprint density at radius 2 is 1.53 bits per heavy atom. The topological polar surface area (TPSA) is 21.3 Å². The lowest BCUT2D eigenvalue weighted by atomic mass is 9.74. The monoisotopic (exact) mass is 453 g/mol. The number of benzene rings is 4. The molecule has 1 saturated heterocycles. The summed E-state index contributed by atoms with van der Waals surface area (Å²) in [4.78, 5) is 0. The minimum absolute atomic E-state index is 0.0280. The fourth-order valence-electron chi connectivity index (χ4n) is 5.36. The van der Waals surface area contributed by atoms with E-state index < -0.39 is 6.67 Å². The first kappa shape index (κ1) is 22.8. The van der Waals surface area contributed by atoms with Crippen molar-refractivity contribution in [2.45, 2.75) is 38.5 Å². The summed E-state index contributed by atoms with van der Waals surface area (Å²) < 4.78 is 20.2. The van der Waals surface area contributed by atoms with Crippen LogP contribution in [0.15, 0.2) is 84.9 Å². The van der Waals surface area contributed by atoms with Crippen molar-refractivity contribution in [3.8, 4) is 11.1 Å². The van der Waals surface area contributed by atoms with Crippen LogP contribution in [0.3, 0.4) is 0 Å². The summed E-state index contributed by atoms with van der Waals surface area (Å²) >= 11 is 0. The van der Waals surface area contributed by atoms with Crippen LogP contribution >= 0.6 is 0 Å². The Kier molecular flexibility index (Phi) is 6.75. The Bertz CT molecular complexity index is 1260. The molecular weight excluding hydrogens is 421 g/mol. The second-order valence-electron chi connectivity index (χ2n) is 9.54. The third-order valence-corrected chi connectivity index (χ3v) is 7.25. The van der Waals surface area contributed by atoms with Crippen molar-refractivity contribution < 1.29 is 9.13 Å². The van der Waals surface area contributed by atoms with Crippen molar-refractivity contribution in [3.05, 3.63) is 107 Å². The molecule has 0 atom stereocenters. The number of ether oxygens (including phenoxy) is 1. The van der Waals surface area contributed by atoms with Crippen LogP contribution in [0.4, 0.5) is 4.39 Å². The van der Waals surface area contributed by atoms with Crippen molar-refractivity contribution in [1.82, 2.24) is 5.32 Å². The Morgan fingerprint density at radius 3 is 2.29 bits per heavy atom. The molecule has 34 heavy (non-hydrogen) atoms. The standard InChI is InChI=1S/C31H32FNO/c1-23-11-12-29(30-10-6-5-9-28(23)30)26-18-24(20-32)17-25(19-26)21-34-22-31(13-15-33-16-14-31)27-7-3-2-4-8-27/h2-12,17-19,33H,13-16,20-22H2,1H3. The van der Waals surface area contributed by atoms with Crippen LogP contribution in [0.2, 0.25) is 0 Å². The Balaban J connectivity index is 1.41. The number of hydrogen-bond donors (Lipinski definition) is 1. The van der Waals surface area contributed by atoms with Gasteiger partial charge in [0.15, 0.2) is 0 Å². The first-order chi connectivity index (χ1) is 16.7. The molecule has 1 heterocycles. The highest BCUT2D eigenvalue weighted by Gasteiger charge is 2.34. The van der Waals surface area contributed by atoms with Gasteiger partial charge in [0.1, 0.15) is 6.67 Å². The third kappa shape index (κ3) is 4.64. The fraction of sp³-hybridized carbons (Fsp3) is 0.290. The molecule has 0 aromatic heterocycles. The SMILES string of the molecule is Cc1ccc(-c2cc(CF)cc(COCC3(c4ccccc4)CCNCC3)c2)c2ccccc12. The lowest BCUT2D eigenvalue weighted by molar-refractivity contribution is 0.0565. The predicted octanol–water partition coefficient (Wildman–Crippen LogP) is 7.12. The van der Waals surface area contributed by atoms with Crippen LogP contribution in [0.5, 0.6) is 0 Å². The van der Waals surface area contributed by atoms with Gasteiger partial charge in [-0.25, -0.2) is 4.39 Å². The van der Waals surface area contributed by atoms with Crippen molar-refractivity contribution in [3.63, 3.8) is 0 Å². The number of hydrogen-bond acceptors (Lipinski definition) is 2. The molecule has 0 amide bonds. The quantitative estimate of drug-likeness (QED) is 0.322. The molecule has 1 aliphatic rings. The lowest BCUT2D eigenvalue weighted by Gasteiger charge is -2.38. The average molecular weight is 454 g/mol. The zero-order valence-electron chi connectivity index (χ0n) is 19.8. The van der Waals surface area contributed by atoms with Crippen LogP contribution < -0.4 is 5.32 Å². The number of piperidine rings is 1. The van der Waals surface area contributed by atoms with E-state index in [1.807, 2.05) is 12.1 Å². The lowest BCUT2D eigenvalue weighted by Crippen LogP contribution is -2.43. The Labute approximate surface area is 201 Å². The highest BCUT2D eigenvalue weighted by atomic mass is 19.1. The fourth-order valence-corrected chi connectivity index (χ4v) is 5.36. The molecule has 0 aliphatic carbocycles. The van der Waals surface area contributed by atoms with Crippen molar-refractivity contribution in [2.24, 2.45) is 0 Å². The number of alkyl halides is 1. The molecule has 3 heteroatoms. The van der Waals surface area contributed by atoms with E-state index in [9.17, 15) is 4.39 Å². The molecule has 2 nitrogen and oxygen atoms in total. The molecular formula is C31H32FNO. The first-order valence-electron chi connectivity index (χ1n) is 12.2. The summed E-state index contributed by atoms with van der Waals surface area (Å²) in [6, 6.07) is 29.5. The van der Waals surface area contributed by atoms with Gasteiger partial charge in [0.25, 0.3) is 0 Å². The minimum Gasteiger partial charge on any atom is -0.376 e. The second kappa shape index (κ2) is 10.1. The average Bonchev–Trinajstić information content (AvgIpc) is 2.90. The Hall–Kier alpha value is -3.01. The van der Waals surface area contributed by atoms with E-state index in [1.54, 1.807) is 0 Å². The predicted molar refractivity (Wildman–Crippen MR) is 139 cm³/mol. The molecule has 0 radical (unpaired) electrons. The van der Waals surface area contributed by atoms with Crippen LogP contribution in [-0.2, 0) is 23.4 Å². The van der Waals surface area contributed by atoms with Gasteiger partial charge < -0.3 is 10.1 Å². The molecule has 0 bridgehead atoms. The van der Waals surface area contributed by atoms with E-state index in [0.717, 1.165) is 42.6 Å². The summed E-state index contributed by atoms with van der Waals surface area (Å²) in [6.07, 6.45) is 2.12. The van der Waals surface area contributed by atoms with E-state index in [-0.39, 0.29) is 5.41 Å². The zero-order valence-corrected chi connectivity index (χ0v) is 19.8. The zero-order chi connectivity index (χ0) is 23.4. The van der Waals surface area contributed by atoms with Gasteiger partial charge in [-0.1, -0.05) is 72.8 Å². The number of rotatable bonds is 7. The molecule has 4 aromatic carbocycles. The highest BCUT2D eigenvalue weighted by molar-refractivity contribution is 5.98. The molecule has 1 N–H and O–H groups in total. The van der Waals surface area contributed by atoms with Crippen molar-refractivity contribution >= 4 is 10.8 Å². The van der Waals surface area contributed by atoms with Gasteiger partial charge in [0.05, 0.1) is 13.2 Å². The summed E-state index contributed by atoms with van der Waals surface area (Å²) in [5.41, 5.74) is 6.52. The minimum atomic E-state index is -0.482. The molecule has 174 valence electrons. The summed E-state index contributed by atoms with van der Waals surface area (Å²) in [6.45, 7) is 4.80. The van der Waals surface area contributed by atoms with Gasteiger partial charge in [-0.2, -0.15) is 0 Å². The number of halogens is 1. The van der Waals surface area contributed by atoms with Crippen LogP contribution in [-0.4, -0.2) is 19.7 Å². The maximum Gasteiger partial charge on any atom is 0.115 e. The summed E-state index contributed by atoms with van der Waals surface area (Å²) in [5, 5.41) is 5.91. The van der Waals surface area contributed by atoms with Gasteiger partial charge in [-0.05, 0) is 89.1 Å². The van der Waals surface area contributed by atoms with Crippen LogP contribution in [0.25, 0.3) is 21.9 Å². The number of aryl methyl sites for hydroxylation is 1. The summed E-state index contributed by atoms with van der Waals surface area (Å²) in [7, 11) is 0. The highest BCUT2D eigenvalue weighted by Crippen LogP contribution is 2.35. The number of fused-ring (bicyclic) bond motifs is 1. The van der Waals surface area contributed by atoms with Crippen LogP contribution in [0, 0.1) is 6.92 Å². The molecule has 0 spiro atoms. The van der Waals surface area contributed by atoms with Gasteiger partial charge >= 0.3 is 0 Å². The van der Waals surface area contributed by atoms with E-state index in [0.29, 0.717) is 18.8 Å². The maximum absolute atomic E-state index is 13.8. The van der Waals surface area contributed by atoms with Gasteiger partial charge in [-0.15, -0.1) is 0 Å². The Morgan fingerprint density at radius 1 is 0.824 bits per heavy atom. The molecule has 4 aromatic rings. The molecule has 0 unspecified atom stereocenters. The molecule has 0 saturated carbocycles. The van der Waals surface area contributed by atoms with Gasteiger partial charge in [0.2, 0.25) is 0 Å². The van der Waals surface area contributed by atoms with E-state index >= 15 is 0 Å². The van der Waals surface area contributed by atoms with Gasteiger partial charge in [-0.3, -0.25) is 0 Å². The molecule has 1 aliphatic heterocycles. The van der Waals surface area contributed by atoms with Crippen LogP contribution in [0.1, 0.15) is 35.1 Å².